The average molecular weight is 390 g/mol. The van der Waals surface area contributed by atoms with E-state index in [1.54, 1.807) is 43.3 Å². The van der Waals surface area contributed by atoms with Crippen LogP contribution in [0, 0.1) is 6.92 Å². The zero-order valence-corrected chi connectivity index (χ0v) is 15.2. The molecule has 0 radical (unpaired) electrons. The number of aromatic nitrogens is 2. The molecule has 29 heavy (non-hydrogen) atoms. The lowest BCUT2D eigenvalue weighted by Crippen LogP contribution is -2.25. The highest BCUT2D eigenvalue weighted by Gasteiger charge is 2.21. The van der Waals surface area contributed by atoms with Crippen LogP contribution in [-0.2, 0) is 4.79 Å². The summed E-state index contributed by atoms with van der Waals surface area (Å²) in [5.74, 6) is 0.423. The number of carbonyl (C=O) groups is 2. The van der Waals surface area contributed by atoms with Gasteiger partial charge in [-0.3, -0.25) is 9.59 Å². The summed E-state index contributed by atoms with van der Waals surface area (Å²) in [5, 5.41) is 9.99. The van der Waals surface area contributed by atoms with Gasteiger partial charge in [0.05, 0.1) is 28.6 Å². The lowest BCUT2D eigenvalue weighted by atomic mass is 10.1. The van der Waals surface area contributed by atoms with Crippen molar-refractivity contribution in [2.24, 2.45) is 0 Å². The molecule has 1 aliphatic rings. The quantitative estimate of drug-likeness (QED) is 0.550. The largest absolute Gasteiger partial charge is 0.482 e. The van der Waals surface area contributed by atoms with Crippen LogP contribution in [-0.4, -0.2) is 28.6 Å². The number of fused-ring (bicyclic) bond motifs is 2. The van der Waals surface area contributed by atoms with Crippen LogP contribution in [0.4, 0.5) is 11.4 Å². The van der Waals surface area contributed by atoms with Crippen molar-refractivity contribution in [1.82, 2.24) is 10.1 Å². The Morgan fingerprint density at radius 1 is 1.24 bits per heavy atom. The van der Waals surface area contributed by atoms with Crippen LogP contribution in [0.3, 0.4) is 0 Å². The van der Waals surface area contributed by atoms with Crippen LogP contribution in [0.1, 0.15) is 16.1 Å². The van der Waals surface area contributed by atoms with Gasteiger partial charge >= 0.3 is 0 Å². The molecule has 9 nitrogen and oxygen atoms in total. The lowest BCUT2D eigenvalue weighted by molar-refractivity contribution is -0.118. The van der Waals surface area contributed by atoms with Gasteiger partial charge in [0, 0.05) is 5.69 Å². The SMILES string of the molecule is Cc1noc2nc(-c3ccco3)cc(C(=O)Nc3ccc4c(c3)NC(=O)CO4)c12. The summed E-state index contributed by atoms with van der Waals surface area (Å²) in [6.07, 6.45) is 1.52. The number of aryl methyl sites for hydroxylation is 1. The van der Waals surface area contributed by atoms with Crippen LogP contribution < -0.4 is 15.4 Å². The van der Waals surface area contributed by atoms with Crippen molar-refractivity contribution in [3.05, 3.63) is 53.9 Å². The number of hydrogen-bond donors (Lipinski definition) is 2. The molecule has 0 saturated carbocycles. The molecule has 0 unspecified atom stereocenters. The highest BCUT2D eigenvalue weighted by molar-refractivity contribution is 6.13. The van der Waals surface area contributed by atoms with Gasteiger partial charge in [-0.15, -0.1) is 0 Å². The van der Waals surface area contributed by atoms with Gasteiger partial charge in [0.15, 0.2) is 12.4 Å². The van der Waals surface area contributed by atoms with Crippen molar-refractivity contribution in [3.63, 3.8) is 0 Å². The van der Waals surface area contributed by atoms with Crippen LogP contribution in [0.5, 0.6) is 5.75 Å². The minimum absolute atomic E-state index is 0.0317. The van der Waals surface area contributed by atoms with E-state index in [-0.39, 0.29) is 24.1 Å². The van der Waals surface area contributed by atoms with Crippen molar-refractivity contribution in [2.45, 2.75) is 6.92 Å². The number of nitrogens with one attached hydrogen (secondary N) is 2. The summed E-state index contributed by atoms with van der Waals surface area (Å²) in [6.45, 7) is 1.71. The van der Waals surface area contributed by atoms with Crippen molar-refractivity contribution in [3.8, 4) is 17.2 Å². The smallest absolute Gasteiger partial charge is 0.262 e. The van der Waals surface area contributed by atoms with Crippen molar-refractivity contribution in [1.29, 1.82) is 0 Å². The molecule has 0 saturated heterocycles. The third-order valence-electron chi connectivity index (χ3n) is 4.51. The van der Waals surface area contributed by atoms with E-state index in [1.165, 1.54) is 6.26 Å². The normalized spacial score (nSPS) is 12.9. The van der Waals surface area contributed by atoms with Crippen molar-refractivity contribution < 1.29 is 23.3 Å². The van der Waals surface area contributed by atoms with E-state index >= 15 is 0 Å². The Bertz CT molecular complexity index is 1260. The molecule has 144 valence electrons. The van der Waals surface area contributed by atoms with Crippen LogP contribution in [0.25, 0.3) is 22.6 Å². The molecule has 9 heteroatoms. The molecule has 4 aromatic rings. The summed E-state index contributed by atoms with van der Waals surface area (Å²) in [4.78, 5) is 29.0. The number of nitrogens with zero attached hydrogens (tertiary/aromatic N) is 2. The molecule has 0 aliphatic carbocycles. The second-order valence-electron chi connectivity index (χ2n) is 6.48. The molecule has 0 fully saturated rings. The molecule has 0 atom stereocenters. The lowest BCUT2D eigenvalue weighted by Gasteiger charge is -2.18. The van der Waals surface area contributed by atoms with Gasteiger partial charge < -0.3 is 24.3 Å². The van der Waals surface area contributed by atoms with Gasteiger partial charge in [-0.1, -0.05) is 5.16 Å². The minimum Gasteiger partial charge on any atom is -0.482 e. The molecule has 0 spiro atoms. The summed E-state index contributed by atoms with van der Waals surface area (Å²) in [7, 11) is 0. The molecular formula is C20H14N4O5. The number of amides is 2. The number of carbonyl (C=O) groups excluding carboxylic acids is 2. The first-order valence-corrected chi connectivity index (χ1v) is 8.77. The molecule has 0 bridgehead atoms. The Morgan fingerprint density at radius 2 is 2.14 bits per heavy atom. The highest BCUT2D eigenvalue weighted by Crippen LogP contribution is 2.32. The number of furan rings is 1. The first kappa shape index (κ1) is 17.0. The summed E-state index contributed by atoms with van der Waals surface area (Å²) in [6, 6.07) is 10.1. The number of ether oxygens (including phenoxy) is 1. The standard InChI is InChI=1S/C20H14N4O5/c1-10-18-12(8-14(15-3-2-6-27-15)23-20(18)29-24-10)19(26)21-11-4-5-16-13(7-11)22-17(25)9-28-16/h2-8H,9H2,1H3,(H,21,26)(H,22,25). The molecule has 5 rings (SSSR count). The Balaban J connectivity index is 1.53. The zero-order valence-electron chi connectivity index (χ0n) is 15.2. The number of pyridine rings is 1. The van der Waals surface area contributed by atoms with E-state index in [0.717, 1.165) is 0 Å². The Hall–Kier alpha value is -4.14. The van der Waals surface area contributed by atoms with Gasteiger partial charge in [0.2, 0.25) is 0 Å². The van der Waals surface area contributed by atoms with Gasteiger partial charge in [0.25, 0.3) is 17.5 Å². The number of rotatable bonds is 3. The predicted octanol–water partition coefficient (Wildman–Crippen LogP) is 3.37. The maximum absolute atomic E-state index is 13.1. The first-order valence-electron chi connectivity index (χ1n) is 8.77. The third kappa shape index (κ3) is 2.98. The highest BCUT2D eigenvalue weighted by atomic mass is 16.5. The average Bonchev–Trinajstić information content (AvgIpc) is 3.37. The molecule has 4 heterocycles. The van der Waals surface area contributed by atoms with E-state index < -0.39 is 0 Å². The second-order valence-corrected chi connectivity index (χ2v) is 6.48. The number of anilines is 2. The fourth-order valence-corrected chi connectivity index (χ4v) is 3.18. The molecule has 1 aromatic carbocycles. The van der Waals surface area contributed by atoms with Crippen LogP contribution >= 0.6 is 0 Å². The van der Waals surface area contributed by atoms with Gasteiger partial charge in [-0.05, 0) is 43.3 Å². The molecule has 3 aromatic heterocycles. The van der Waals surface area contributed by atoms with Crippen molar-refractivity contribution >= 4 is 34.3 Å². The monoisotopic (exact) mass is 390 g/mol. The van der Waals surface area contributed by atoms with E-state index in [2.05, 4.69) is 20.8 Å². The van der Waals surface area contributed by atoms with E-state index in [1.807, 2.05) is 0 Å². The van der Waals surface area contributed by atoms with Gasteiger partial charge in [0.1, 0.15) is 11.4 Å². The Kier molecular flexibility index (Phi) is 3.80. The van der Waals surface area contributed by atoms with E-state index in [4.69, 9.17) is 13.7 Å². The summed E-state index contributed by atoms with van der Waals surface area (Å²) in [5.41, 5.74) is 2.59. The topological polar surface area (TPSA) is 119 Å². The predicted molar refractivity (Wildman–Crippen MR) is 103 cm³/mol. The van der Waals surface area contributed by atoms with Gasteiger partial charge in [-0.25, -0.2) is 4.98 Å². The Morgan fingerprint density at radius 3 is 2.97 bits per heavy atom. The van der Waals surface area contributed by atoms with Crippen LogP contribution in [0.15, 0.2) is 51.6 Å². The zero-order chi connectivity index (χ0) is 20.0. The number of hydrogen-bond acceptors (Lipinski definition) is 7. The third-order valence-corrected chi connectivity index (χ3v) is 4.51. The van der Waals surface area contributed by atoms with Crippen molar-refractivity contribution in [2.75, 3.05) is 17.2 Å². The van der Waals surface area contributed by atoms with E-state index in [0.29, 0.717) is 45.2 Å². The van der Waals surface area contributed by atoms with Crippen LogP contribution in [0.2, 0.25) is 0 Å². The summed E-state index contributed by atoms with van der Waals surface area (Å²) >= 11 is 0. The minimum atomic E-state index is -0.375. The fraction of sp³-hybridized carbons (Fsp3) is 0.100. The van der Waals surface area contributed by atoms with Gasteiger partial charge in [-0.2, -0.15) is 0 Å². The molecule has 2 amide bonds. The molecule has 1 aliphatic heterocycles. The fourth-order valence-electron chi connectivity index (χ4n) is 3.18. The maximum Gasteiger partial charge on any atom is 0.262 e. The Labute approximate surface area is 163 Å². The number of benzene rings is 1. The molecular weight excluding hydrogens is 376 g/mol. The van der Waals surface area contributed by atoms with E-state index in [9.17, 15) is 9.59 Å². The molecule has 2 N–H and O–H groups in total. The second kappa shape index (κ2) is 6.48. The summed E-state index contributed by atoms with van der Waals surface area (Å²) < 4.78 is 16.0. The first-order chi connectivity index (χ1) is 14.1. The maximum atomic E-state index is 13.1.